The van der Waals surface area contributed by atoms with Crippen LogP contribution in [0, 0.1) is 0 Å². The Morgan fingerprint density at radius 2 is 1.97 bits per heavy atom. The summed E-state index contributed by atoms with van der Waals surface area (Å²) in [7, 11) is 2.19. The maximum atomic E-state index is 12.2. The van der Waals surface area contributed by atoms with Gasteiger partial charge in [-0.3, -0.25) is 4.90 Å². The van der Waals surface area contributed by atoms with E-state index in [1.807, 2.05) is 6.07 Å². The van der Waals surface area contributed by atoms with Gasteiger partial charge in [0.2, 0.25) is 0 Å². The molecule has 1 fully saturated rings. The van der Waals surface area contributed by atoms with Crippen molar-refractivity contribution in [1.82, 2.24) is 10.2 Å². The van der Waals surface area contributed by atoms with Gasteiger partial charge in [0.1, 0.15) is 5.75 Å². The Bertz CT molecular complexity index is 916. The normalized spacial score (nSPS) is 22.0. The van der Waals surface area contributed by atoms with Crippen LogP contribution in [-0.2, 0) is 11.8 Å². The third-order valence-electron chi connectivity index (χ3n) is 7.20. The fourth-order valence-electron chi connectivity index (χ4n) is 5.49. The van der Waals surface area contributed by atoms with Gasteiger partial charge in [-0.15, -0.1) is 0 Å². The number of carbonyl (C=O) groups is 1. The van der Waals surface area contributed by atoms with E-state index in [9.17, 15) is 4.79 Å². The molecule has 4 rings (SSSR count). The first-order valence-electron chi connectivity index (χ1n) is 12.1. The molecule has 0 aliphatic carbocycles. The standard InChI is InChI=1S/C27H37N3O2/c1-4-5-6-10-17-28-26(31)32-22-13-14-24-23(20-22)27(2)16-19-30(25(27)29(24)3)18-15-21-11-8-7-9-12-21/h7-9,11-14,20,25H,4-6,10,15-19H2,1-3H3,(H,28,31)/t25?,27-/m0/s1. The predicted octanol–water partition coefficient (Wildman–Crippen LogP) is 5.34. The summed E-state index contributed by atoms with van der Waals surface area (Å²) in [5, 5.41) is 2.88. The minimum Gasteiger partial charge on any atom is -0.410 e. The lowest BCUT2D eigenvalue weighted by molar-refractivity contribution is 0.200. The van der Waals surface area contributed by atoms with E-state index in [0.717, 1.165) is 38.8 Å². The fourth-order valence-corrected chi connectivity index (χ4v) is 5.49. The van der Waals surface area contributed by atoms with Crippen molar-refractivity contribution < 1.29 is 9.53 Å². The summed E-state index contributed by atoms with van der Waals surface area (Å²) in [5.74, 6) is 0.632. The SMILES string of the molecule is CCCCCCNC(=O)Oc1ccc2c(c1)[C@]1(C)CCN(CCc3ccccc3)C1N2C. The molecular weight excluding hydrogens is 398 g/mol. The first kappa shape index (κ1) is 22.7. The molecule has 2 aliphatic rings. The zero-order valence-electron chi connectivity index (χ0n) is 19.8. The summed E-state index contributed by atoms with van der Waals surface area (Å²) in [4.78, 5) is 17.3. The zero-order chi connectivity index (χ0) is 22.6. The Hall–Kier alpha value is -2.53. The fraction of sp³-hybridized carbons (Fsp3) is 0.519. The van der Waals surface area contributed by atoms with Gasteiger partial charge in [0, 0.05) is 37.8 Å². The van der Waals surface area contributed by atoms with Crippen LogP contribution in [0.1, 0.15) is 57.1 Å². The zero-order valence-corrected chi connectivity index (χ0v) is 19.8. The van der Waals surface area contributed by atoms with E-state index in [1.54, 1.807) is 0 Å². The molecule has 2 aromatic rings. The number of rotatable bonds is 9. The third-order valence-corrected chi connectivity index (χ3v) is 7.20. The number of nitrogens with zero attached hydrogens (tertiary/aromatic N) is 2. The Morgan fingerprint density at radius 1 is 1.16 bits per heavy atom. The highest BCUT2D eigenvalue weighted by molar-refractivity contribution is 5.72. The molecule has 1 saturated heterocycles. The monoisotopic (exact) mass is 435 g/mol. The number of likely N-dealkylation sites (N-methyl/N-ethyl adjacent to an activating group) is 1. The number of amides is 1. The summed E-state index contributed by atoms with van der Waals surface area (Å²) in [6.45, 7) is 7.35. The highest BCUT2D eigenvalue weighted by Gasteiger charge is 2.53. The molecule has 1 unspecified atom stereocenters. The minimum absolute atomic E-state index is 0.0385. The molecule has 1 amide bonds. The van der Waals surface area contributed by atoms with Crippen molar-refractivity contribution in [3.05, 3.63) is 59.7 Å². The second-order valence-electron chi connectivity index (χ2n) is 9.48. The smallest absolute Gasteiger partial charge is 0.410 e. The van der Waals surface area contributed by atoms with Crippen LogP contribution in [0.2, 0.25) is 0 Å². The highest BCUT2D eigenvalue weighted by atomic mass is 16.6. The molecule has 0 saturated carbocycles. The van der Waals surface area contributed by atoms with Crippen molar-refractivity contribution in [2.24, 2.45) is 0 Å². The summed E-state index contributed by atoms with van der Waals surface area (Å²) in [6, 6.07) is 16.8. The average Bonchev–Trinajstić information content (AvgIpc) is 3.24. The lowest BCUT2D eigenvalue weighted by Crippen LogP contribution is -2.47. The molecule has 2 aromatic carbocycles. The number of nitrogens with one attached hydrogen (secondary N) is 1. The number of hydrogen-bond acceptors (Lipinski definition) is 4. The van der Waals surface area contributed by atoms with Crippen LogP contribution in [0.3, 0.4) is 0 Å². The number of fused-ring (bicyclic) bond motifs is 3. The number of ether oxygens (including phenoxy) is 1. The van der Waals surface area contributed by atoms with Gasteiger partial charge in [0.15, 0.2) is 0 Å². The van der Waals surface area contributed by atoms with E-state index < -0.39 is 0 Å². The van der Waals surface area contributed by atoms with Crippen molar-refractivity contribution in [3.8, 4) is 5.75 Å². The first-order chi connectivity index (χ1) is 15.5. The maximum absolute atomic E-state index is 12.2. The molecule has 0 bridgehead atoms. The summed E-state index contributed by atoms with van der Waals surface area (Å²) >= 11 is 0. The number of unbranched alkanes of at least 4 members (excludes halogenated alkanes) is 3. The van der Waals surface area contributed by atoms with Crippen LogP contribution >= 0.6 is 0 Å². The molecular formula is C27H37N3O2. The Labute approximate surface area is 192 Å². The summed E-state index contributed by atoms with van der Waals surface area (Å²) < 4.78 is 5.62. The van der Waals surface area contributed by atoms with E-state index in [0.29, 0.717) is 18.5 Å². The molecule has 5 nitrogen and oxygen atoms in total. The molecule has 0 spiro atoms. The number of carbonyl (C=O) groups excluding carboxylic acids is 1. The summed E-state index contributed by atoms with van der Waals surface area (Å²) in [6.07, 6.45) is 6.68. The quantitative estimate of drug-likeness (QED) is 0.540. The van der Waals surface area contributed by atoms with Gasteiger partial charge in [0.05, 0.1) is 6.17 Å². The number of benzene rings is 2. The Kier molecular flexibility index (Phi) is 7.04. The number of hydrogen-bond donors (Lipinski definition) is 1. The third kappa shape index (κ3) is 4.63. The second kappa shape index (κ2) is 9.95. The topological polar surface area (TPSA) is 44.8 Å². The maximum Gasteiger partial charge on any atom is 0.412 e. The second-order valence-corrected chi connectivity index (χ2v) is 9.48. The molecule has 2 heterocycles. The molecule has 32 heavy (non-hydrogen) atoms. The van der Waals surface area contributed by atoms with Crippen LogP contribution in [-0.4, -0.2) is 43.8 Å². The lowest BCUT2D eigenvalue weighted by Gasteiger charge is -2.34. The van der Waals surface area contributed by atoms with E-state index in [4.69, 9.17) is 4.74 Å². The minimum atomic E-state index is -0.356. The van der Waals surface area contributed by atoms with Gasteiger partial charge in [-0.05, 0) is 48.6 Å². The molecule has 2 atom stereocenters. The van der Waals surface area contributed by atoms with Gasteiger partial charge >= 0.3 is 6.09 Å². The van der Waals surface area contributed by atoms with Crippen molar-refractivity contribution in [3.63, 3.8) is 0 Å². The van der Waals surface area contributed by atoms with Gasteiger partial charge < -0.3 is 15.0 Å². The number of anilines is 1. The van der Waals surface area contributed by atoms with Crippen LogP contribution < -0.4 is 15.0 Å². The summed E-state index contributed by atoms with van der Waals surface area (Å²) in [5.41, 5.74) is 3.96. The average molecular weight is 436 g/mol. The van der Waals surface area contributed by atoms with E-state index >= 15 is 0 Å². The Balaban J connectivity index is 1.40. The van der Waals surface area contributed by atoms with Gasteiger partial charge in [-0.1, -0.05) is 63.4 Å². The van der Waals surface area contributed by atoms with Crippen molar-refractivity contribution in [2.45, 2.75) is 64.0 Å². The van der Waals surface area contributed by atoms with Crippen LogP contribution in [0.4, 0.5) is 10.5 Å². The van der Waals surface area contributed by atoms with Crippen LogP contribution in [0.5, 0.6) is 5.75 Å². The molecule has 0 radical (unpaired) electrons. The predicted molar refractivity (Wildman–Crippen MR) is 130 cm³/mol. The molecule has 1 N–H and O–H groups in total. The van der Waals surface area contributed by atoms with E-state index in [-0.39, 0.29) is 11.5 Å². The molecule has 172 valence electrons. The van der Waals surface area contributed by atoms with Crippen LogP contribution in [0.25, 0.3) is 0 Å². The Morgan fingerprint density at radius 3 is 2.75 bits per heavy atom. The molecule has 0 aromatic heterocycles. The van der Waals surface area contributed by atoms with Gasteiger partial charge in [0.25, 0.3) is 0 Å². The largest absolute Gasteiger partial charge is 0.412 e. The van der Waals surface area contributed by atoms with Gasteiger partial charge in [-0.2, -0.15) is 0 Å². The van der Waals surface area contributed by atoms with Crippen molar-refractivity contribution in [1.29, 1.82) is 0 Å². The highest BCUT2D eigenvalue weighted by Crippen LogP contribution is 2.52. The van der Waals surface area contributed by atoms with Crippen molar-refractivity contribution >= 4 is 11.8 Å². The molecule has 5 heteroatoms. The van der Waals surface area contributed by atoms with Crippen molar-refractivity contribution in [2.75, 3.05) is 31.6 Å². The first-order valence-corrected chi connectivity index (χ1v) is 12.1. The van der Waals surface area contributed by atoms with E-state index in [1.165, 1.54) is 29.7 Å². The van der Waals surface area contributed by atoms with E-state index in [2.05, 4.69) is 78.5 Å². The van der Waals surface area contributed by atoms with Crippen LogP contribution in [0.15, 0.2) is 48.5 Å². The van der Waals surface area contributed by atoms with Gasteiger partial charge in [-0.25, -0.2) is 4.79 Å². The number of likely N-dealkylation sites (tertiary alicyclic amines) is 1. The molecule has 2 aliphatic heterocycles. The lowest BCUT2D eigenvalue weighted by atomic mass is 9.81.